The lowest BCUT2D eigenvalue weighted by Crippen LogP contribution is -2.48. The predicted octanol–water partition coefficient (Wildman–Crippen LogP) is 1.74. The highest BCUT2D eigenvalue weighted by atomic mass is 32.1. The van der Waals surface area contributed by atoms with E-state index < -0.39 is 29.7 Å². The topological polar surface area (TPSA) is 110 Å². The van der Waals surface area contributed by atoms with Crippen LogP contribution in [0.3, 0.4) is 0 Å². The van der Waals surface area contributed by atoms with E-state index in [1.165, 1.54) is 23.3 Å². The Bertz CT molecular complexity index is 600. The van der Waals surface area contributed by atoms with Crippen molar-refractivity contribution in [1.29, 1.82) is 0 Å². The van der Waals surface area contributed by atoms with Gasteiger partial charge >= 0.3 is 18.1 Å². The minimum atomic E-state index is -0.883. The zero-order valence-corrected chi connectivity index (χ0v) is 16.5. The number of hydrogen-bond acceptors (Lipinski definition) is 7. The molecule has 0 bridgehead atoms. The van der Waals surface area contributed by atoms with E-state index in [0.29, 0.717) is 6.54 Å². The Balaban J connectivity index is 2.51. The molecule has 1 rings (SSSR count). The molecule has 1 aromatic heterocycles. The summed E-state index contributed by atoms with van der Waals surface area (Å²) in [5.41, 5.74) is 1.07. The van der Waals surface area contributed by atoms with Gasteiger partial charge in [-0.25, -0.2) is 14.4 Å². The van der Waals surface area contributed by atoms with Crippen LogP contribution in [0.4, 0.5) is 9.59 Å². The molecule has 0 aromatic carbocycles. The van der Waals surface area contributed by atoms with Crippen molar-refractivity contribution in [2.75, 3.05) is 20.7 Å². The molecule has 10 heteroatoms. The third-order valence-corrected chi connectivity index (χ3v) is 3.87. The van der Waals surface area contributed by atoms with Crippen LogP contribution in [0.25, 0.3) is 0 Å². The molecule has 0 unspecified atom stereocenters. The van der Waals surface area contributed by atoms with Crippen LogP contribution < -0.4 is 10.6 Å². The zero-order chi connectivity index (χ0) is 19.7. The molecule has 0 fully saturated rings. The highest BCUT2D eigenvalue weighted by Crippen LogP contribution is 2.09. The Kier molecular flexibility index (Phi) is 8.30. The first kappa shape index (κ1) is 21.7. The number of carbonyl (C=O) groups excluding carboxylic acids is 3. The van der Waals surface area contributed by atoms with Crippen molar-refractivity contribution < 1.29 is 23.9 Å². The van der Waals surface area contributed by atoms with E-state index >= 15 is 0 Å². The van der Waals surface area contributed by atoms with Gasteiger partial charge in [-0.1, -0.05) is 0 Å². The Morgan fingerprint density at radius 3 is 2.58 bits per heavy atom. The fraction of sp³-hybridized carbons (Fsp3) is 0.625. The minimum Gasteiger partial charge on any atom is -0.467 e. The molecule has 146 valence electrons. The van der Waals surface area contributed by atoms with Crippen LogP contribution in [0.1, 0.15) is 32.1 Å². The van der Waals surface area contributed by atoms with Gasteiger partial charge in [0.25, 0.3) is 0 Å². The number of nitrogens with one attached hydrogen (secondary N) is 2. The van der Waals surface area contributed by atoms with E-state index in [-0.39, 0.29) is 13.0 Å². The molecule has 0 aliphatic rings. The van der Waals surface area contributed by atoms with Gasteiger partial charge in [-0.2, -0.15) is 0 Å². The fourth-order valence-corrected chi connectivity index (χ4v) is 2.56. The SMILES string of the molecule is COC(=O)[C@H](CCNC(=O)OC(C)(C)C)NC(=O)N(C)Cc1cncs1. The summed E-state index contributed by atoms with van der Waals surface area (Å²) >= 11 is 1.43. The molecule has 1 aromatic rings. The molecule has 3 amide bonds. The monoisotopic (exact) mass is 386 g/mol. The zero-order valence-electron chi connectivity index (χ0n) is 15.7. The van der Waals surface area contributed by atoms with Crippen molar-refractivity contribution in [2.45, 2.75) is 45.4 Å². The molecule has 0 saturated carbocycles. The van der Waals surface area contributed by atoms with Crippen molar-refractivity contribution in [3.05, 3.63) is 16.6 Å². The van der Waals surface area contributed by atoms with Crippen LogP contribution in [-0.4, -0.2) is 60.3 Å². The summed E-state index contributed by atoms with van der Waals surface area (Å²) in [5, 5.41) is 5.15. The lowest BCUT2D eigenvalue weighted by Gasteiger charge is -2.23. The number of alkyl carbamates (subject to hydrolysis) is 1. The third-order valence-electron chi connectivity index (χ3n) is 3.11. The summed E-state index contributed by atoms with van der Waals surface area (Å²) in [5.74, 6) is -0.587. The standard InChI is InChI=1S/C16H26N4O5S/c1-16(2,3)25-15(23)18-7-6-12(13(21)24-5)19-14(22)20(4)9-11-8-17-10-26-11/h8,10,12H,6-7,9H2,1-5H3,(H,18,23)(H,19,22)/t12-/m0/s1. The van der Waals surface area contributed by atoms with Gasteiger partial charge in [-0.15, -0.1) is 11.3 Å². The van der Waals surface area contributed by atoms with Gasteiger partial charge in [0.15, 0.2) is 0 Å². The Labute approximate surface area is 157 Å². The smallest absolute Gasteiger partial charge is 0.407 e. The lowest BCUT2D eigenvalue weighted by molar-refractivity contribution is -0.143. The molecule has 0 radical (unpaired) electrons. The maximum Gasteiger partial charge on any atom is 0.407 e. The first-order chi connectivity index (χ1) is 12.1. The van der Waals surface area contributed by atoms with Crippen LogP contribution in [0.15, 0.2) is 11.7 Å². The van der Waals surface area contributed by atoms with E-state index in [1.54, 1.807) is 39.5 Å². The molecule has 0 aliphatic heterocycles. The van der Waals surface area contributed by atoms with E-state index in [2.05, 4.69) is 15.6 Å². The summed E-state index contributed by atoms with van der Waals surface area (Å²) in [7, 11) is 2.85. The fourth-order valence-electron chi connectivity index (χ4n) is 1.91. The molecule has 0 saturated heterocycles. The molecule has 2 N–H and O–H groups in total. The number of methoxy groups -OCH3 is 1. The summed E-state index contributed by atoms with van der Waals surface area (Å²) < 4.78 is 9.83. The Morgan fingerprint density at radius 2 is 2.04 bits per heavy atom. The molecular formula is C16H26N4O5S. The number of nitrogens with zero attached hydrogens (tertiary/aromatic N) is 2. The average molecular weight is 386 g/mol. The quantitative estimate of drug-likeness (QED) is 0.691. The Morgan fingerprint density at radius 1 is 1.35 bits per heavy atom. The van der Waals surface area contributed by atoms with Crippen molar-refractivity contribution in [3.63, 3.8) is 0 Å². The molecule has 1 heterocycles. The largest absolute Gasteiger partial charge is 0.467 e. The summed E-state index contributed by atoms with van der Waals surface area (Å²) in [6.45, 7) is 5.78. The number of aromatic nitrogens is 1. The minimum absolute atomic E-state index is 0.146. The number of esters is 1. The van der Waals surface area contributed by atoms with Crippen molar-refractivity contribution >= 4 is 29.4 Å². The van der Waals surface area contributed by atoms with E-state index in [0.717, 1.165) is 4.88 Å². The highest BCUT2D eigenvalue weighted by Gasteiger charge is 2.24. The molecule has 0 spiro atoms. The van der Waals surface area contributed by atoms with Crippen LogP contribution in [0, 0.1) is 0 Å². The summed E-state index contributed by atoms with van der Waals surface area (Å²) in [6, 6.07) is -1.31. The number of amides is 3. The molecule has 26 heavy (non-hydrogen) atoms. The van der Waals surface area contributed by atoms with Gasteiger partial charge in [-0.05, 0) is 27.2 Å². The number of carbonyl (C=O) groups is 3. The maximum absolute atomic E-state index is 12.3. The first-order valence-electron chi connectivity index (χ1n) is 8.06. The van der Waals surface area contributed by atoms with Crippen molar-refractivity contribution in [3.8, 4) is 0 Å². The summed E-state index contributed by atoms with van der Waals surface area (Å²) in [4.78, 5) is 42.1. The number of thiazole rings is 1. The van der Waals surface area contributed by atoms with Crippen LogP contribution >= 0.6 is 11.3 Å². The molecule has 1 atom stereocenters. The van der Waals surface area contributed by atoms with Crippen molar-refractivity contribution in [1.82, 2.24) is 20.5 Å². The van der Waals surface area contributed by atoms with Gasteiger partial charge in [0, 0.05) is 24.7 Å². The van der Waals surface area contributed by atoms with Crippen LogP contribution in [-0.2, 0) is 20.8 Å². The van der Waals surface area contributed by atoms with Gasteiger partial charge in [-0.3, -0.25) is 4.98 Å². The summed E-state index contributed by atoms with van der Waals surface area (Å²) in [6.07, 6.45) is 1.26. The van der Waals surface area contributed by atoms with E-state index in [4.69, 9.17) is 9.47 Å². The predicted molar refractivity (Wildman–Crippen MR) is 96.8 cm³/mol. The molecular weight excluding hydrogens is 360 g/mol. The lowest BCUT2D eigenvalue weighted by atomic mass is 10.2. The maximum atomic E-state index is 12.3. The highest BCUT2D eigenvalue weighted by molar-refractivity contribution is 7.09. The van der Waals surface area contributed by atoms with Gasteiger partial charge in [0.05, 0.1) is 19.2 Å². The first-order valence-corrected chi connectivity index (χ1v) is 8.94. The van der Waals surface area contributed by atoms with Crippen molar-refractivity contribution in [2.24, 2.45) is 0 Å². The second kappa shape index (κ2) is 9.95. The van der Waals surface area contributed by atoms with Crippen LogP contribution in [0.2, 0.25) is 0 Å². The average Bonchev–Trinajstić information content (AvgIpc) is 3.04. The van der Waals surface area contributed by atoms with Crippen LogP contribution in [0.5, 0.6) is 0 Å². The van der Waals surface area contributed by atoms with Gasteiger partial charge in [0.1, 0.15) is 11.6 Å². The molecule has 9 nitrogen and oxygen atoms in total. The number of rotatable bonds is 7. The number of urea groups is 1. The third kappa shape index (κ3) is 8.15. The second-order valence-electron chi connectivity index (χ2n) is 6.57. The van der Waals surface area contributed by atoms with Gasteiger partial charge in [0.2, 0.25) is 0 Å². The second-order valence-corrected chi connectivity index (χ2v) is 7.54. The Hall–Kier alpha value is -2.36. The normalized spacial score (nSPS) is 12.0. The van der Waals surface area contributed by atoms with E-state index in [1.807, 2.05) is 0 Å². The number of ether oxygens (including phenoxy) is 2. The van der Waals surface area contributed by atoms with Gasteiger partial charge < -0.3 is 25.0 Å². The van der Waals surface area contributed by atoms with E-state index in [9.17, 15) is 14.4 Å². The molecule has 0 aliphatic carbocycles. The number of hydrogen-bond donors (Lipinski definition) is 2.